The first-order valence-corrected chi connectivity index (χ1v) is 6.67. The summed E-state index contributed by atoms with van der Waals surface area (Å²) in [5.41, 5.74) is 3.42. The van der Waals surface area contributed by atoms with E-state index in [9.17, 15) is 0 Å². The van der Waals surface area contributed by atoms with Gasteiger partial charge in [-0.1, -0.05) is 13.8 Å². The van der Waals surface area contributed by atoms with Crippen LogP contribution in [0.2, 0.25) is 0 Å². The Morgan fingerprint density at radius 3 is 2.72 bits per heavy atom. The highest BCUT2D eigenvalue weighted by atomic mass is 15.3. The zero-order chi connectivity index (χ0) is 13.1. The van der Waals surface area contributed by atoms with E-state index in [-0.39, 0.29) is 0 Å². The zero-order valence-electron chi connectivity index (χ0n) is 11.4. The number of hydrogen-bond acceptors (Lipinski definition) is 5. The van der Waals surface area contributed by atoms with Gasteiger partial charge in [-0.25, -0.2) is 10.8 Å². The van der Waals surface area contributed by atoms with Gasteiger partial charge >= 0.3 is 0 Å². The SMILES string of the molecule is Cc1cc(NC2CCC(C)CC2C)nc(NN)n1. The molecule has 100 valence electrons. The molecule has 0 aromatic carbocycles. The maximum atomic E-state index is 5.36. The molecule has 5 heteroatoms. The molecule has 0 spiro atoms. The van der Waals surface area contributed by atoms with E-state index in [4.69, 9.17) is 5.84 Å². The van der Waals surface area contributed by atoms with Gasteiger partial charge in [-0.2, -0.15) is 4.98 Å². The van der Waals surface area contributed by atoms with E-state index >= 15 is 0 Å². The molecule has 1 aromatic rings. The third-order valence-corrected chi connectivity index (χ3v) is 3.75. The van der Waals surface area contributed by atoms with Crippen molar-refractivity contribution in [2.75, 3.05) is 10.7 Å². The summed E-state index contributed by atoms with van der Waals surface area (Å²) in [5.74, 6) is 8.21. The number of nitrogens with zero attached hydrogens (tertiary/aromatic N) is 2. The van der Waals surface area contributed by atoms with Crippen LogP contribution in [0.25, 0.3) is 0 Å². The molecule has 0 radical (unpaired) electrons. The number of hydrazine groups is 1. The molecule has 0 amide bonds. The lowest BCUT2D eigenvalue weighted by Gasteiger charge is -2.33. The van der Waals surface area contributed by atoms with E-state index < -0.39 is 0 Å². The Morgan fingerprint density at radius 2 is 2.06 bits per heavy atom. The standard InChI is InChI=1S/C13H23N5/c1-8-4-5-11(9(2)6-8)16-12-7-10(3)15-13(17-12)18-14/h7-9,11H,4-6,14H2,1-3H3,(H2,15,16,17,18). The van der Waals surface area contributed by atoms with Crippen molar-refractivity contribution < 1.29 is 0 Å². The van der Waals surface area contributed by atoms with Gasteiger partial charge in [-0.05, 0) is 38.0 Å². The second-order valence-corrected chi connectivity index (χ2v) is 5.51. The first-order valence-electron chi connectivity index (χ1n) is 6.67. The predicted molar refractivity (Wildman–Crippen MR) is 74.2 cm³/mol. The van der Waals surface area contributed by atoms with Crippen LogP contribution in [0.4, 0.5) is 11.8 Å². The van der Waals surface area contributed by atoms with E-state index in [1.807, 2.05) is 13.0 Å². The van der Waals surface area contributed by atoms with Gasteiger partial charge in [0.2, 0.25) is 5.95 Å². The van der Waals surface area contributed by atoms with Crippen LogP contribution in [-0.2, 0) is 0 Å². The summed E-state index contributed by atoms with van der Waals surface area (Å²) in [6.45, 7) is 6.58. The van der Waals surface area contributed by atoms with Crippen molar-refractivity contribution in [1.82, 2.24) is 9.97 Å². The van der Waals surface area contributed by atoms with Gasteiger partial charge in [-0.15, -0.1) is 0 Å². The normalized spacial score (nSPS) is 27.9. The zero-order valence-corrected chi connectivity index (χ0v) is 11.4. The molecule has 4 N–H and O–H groups in total. The van der Waals surface area contributed by atoms with Gasteiger partial charge in [-0.3, -0.25) is 5.43 Å². The average molecular weight is 249 g/mol. The molecule has 3 unspecified atom stereocenters. The summed E-state index contributed by atoms with van der Waals surface area (Å²) in [4.78, 5) is 8.53. The third-order valence-electron chi connectivity index (χ3n) is 3.75. The molecular formula is C13H23N5. The summed E-state index contributed by atoms with van der Waals surface area (Å²) >= 11 is 0. The van der Waals surface area contributed by atoms with E-state index in [1.165, 1.54) is 19.3 Å². The van der Waals surface area contributed by atoms with Crippen molar-refractivity contribution in [2.45, 2.75) is 46.1 Å². The average Bonchev–Trinajstić information content (AvgIpc) is 2.32. The molecule has 2 rings (SSSR count). The number of nitrogens with one attached hydrogen (secondary N) is 2. The summed E-state index contributed by atoms with van der Waals surface area (Å²) in [6, 6.07) is 2.46. The van der Waals surface area contributed by atoms with Gasteiger partial charge in [0.25, 0.3) is 0 Å². The largest absolute Gasteiger partial charge is 0.367 e. The smallest absolute Gasteiger partial charge is 0.239 e. The maximum Gasteiger partial charge on any atom is 0.239 e. The summed E-state index contributed by atoms with van der Waals surface area (Å²) in [7, 11) is 0. The van der Waals surface area contributed by atoms with Crippen molar-refractivity contribution >= 4 is 11.8 Å². The van der Waals surface area contributed by atoms with Crippen molar-refractivity contribution in [2.24, 2.45) is 17.7 Å². The molecule has 5 nitrogen and oxygen atoms in total. The molecule has 18 heavy (non-hydrogen) atoms. The second kappa shape index (κ2) is 5.52. The molecule has 1 aliphatic carbocycles. The van der Waals surface area contributed by atoms with Crippen LogP contribution in [0.1, 0.15) is 38.8 Å². The lowest BCUT2D eigenvalue weighted by molar-refractivity contribution is 0.276. The number of hydrogen-bond donors (Lipinski definition) is 3. The minimum Gasteiger partial charge on any atom is -0.367 e. The molecule has 0 saturated heterocycles. The Balaban J connectivity index is 2.06. The highest BCUT2D eigenvalue weighted by Gasteiger charge is 2.25. The van der Waals surface area contributed by atoms with Crippen LogP contribution in [0.15, 0.2) is 6.07 Å². The predicted octanol–water partition coefficient (Wildman–Crippen LogP) is 2.31. The number of nitrogens with two attached hydrogens (primary N) is 1. The van der Waals surface area contributed by atoms with E-state index in [0.717, 1.165) is 17.4 Å². The fourth-order valence-corrected chi connectivity index (χ4v) is 2.78. The Morgan fingerprint density at radius 1 is 1.28 bits per heavy atom. The molecular weight excluding hydrogens is 226 g/mol. The Bertz CT molecular complexity index is 406. The van der Waals surface area contributed by atoms with E-state index in [1.54, 1.807) is 0 Å². The number of aryl methyl sites for hydroxylation is 1. The summed E-state index contributed by atoms with van der Waals surface area (Å²) < 4.78 is 0. The van der Waals surface area contributed by atoms with Crippen molar-refractivity contribution in [3.05, 3.63) is 11.8 Å². The number of anilines is 2. The number of aromatic nitrogens is 2. The van der Waals surface area contributed by atoms with Crippen LogP contribution < -0.4 is 16.6 Å². The highest BCUT2D eigenvalue weighted by molar-refractivity contribution is 5.42. The highest BCUT2D eigenvalue weighted by Crippen LogP contribution is 2.30. The first kappa shape index (κ1) is 13.1. The van der Waals surface area contributed by atoms with Gasteiger partial charge in [0.1, 0.15) is 5.82 Å². The summed E-state index contributed by atoms with van der Waals surface area (Å²) in [5, 5.41) is 3.52. The molecule has 0 aliphatic heterocycles. The fraction of sp³-hybridized carbons (Fsp3) is 0.692. The van der Waals surface area contributed by atoms with Crippen LogP contribution in [0, 0.1) is 18.8 Å². The lowest BCUT2D eigenvalue weighted by Crippen LogP contribution is -2.33. The maximum absolute atomic E-state index is 5.36. The van der Waals surface area contributed by atoms with Crippen molar-refractivity contribution in [3.8, 4) is 0 Å². The van der Waals surface area contributed by atoms with Gasteiger partial charge < -0.3 is 5.32 Å². The van der Waals surface area contributed by atoms with Gasteiger partial charge in [0.15, 0.2) is 0 Å². The molecule has 1 heterocycles. The Hall–Kier alpha value is -1.36. The molecule has 1 aliphatic rings. The minimum absolute atomic E-state index is 0.467. The van der Waals surface area contributed by atoms with Crippen LogP contribution in [0.3, 0.4) is 0 Å². The monoisotopic (exact) mass is 249 g/mol. The topological polar surface area (TPSA) is 75.9 Å². The van der Waals surface area contributed by atoms with Gasteiger partial charge in [0.05, 0.1) is 0 Å². The summed E-state index contributed by atoms with van der Waals surface area (Å²) in [6.07, 6.45) is 3.77. The van der Waals surface area contributed by atoms with E-state index in [2.05, 4.69) is 34.6 Å². The fourth-order valence-electron chi connectivity index (χ4n) is 2.78. The van der Waals surface area contributed by atoms with Crippen molar-refractivity contribution in [1.29, 1.82) is 0 Å². The van der Waals surface area contributed by atoms with Crippen LogP contribution >= 0.6 is 0 Å². The molecule has 1 saturated carbocycles. The first-order chi connectivity index (χ1) is 8.58. The van der Waals surface area contributed by atoms with E-state index in [0.29, 0.717) is 17.9 Å². The van der Waals surface area contributed by atoms with Gasteiger partial charge in [0, 0.05) is 17.8 Å². The Kier molecular flexibility index (Phi) is 4.01. The lowest BCUT2D eigenvalue weighted by atomic mass is 9.80. The second-order valence-electron chi connectivity index (χ2n) is 5.51. The quantitative estimate of drug-likeness (QED) is 0.566. The van der Waals surface area contributed by atoms with Crippen LogP contribution in [0.5, 0.6) is 0 Å². The number of nitrogen functional groups attached to an aromatic ring is 1. The minimum atomic E-state index is 0.467. The Labute approximate surface area is 109 Å². The number of rotatable bonds is 3. The molecule has 0 bridgehead atoms. The molecule has 3 atom stereocenters. The van der Waals surface area contributed by atoms with Crippen molar-refractivity contribution in [3.63, 3.8) is 0 Å². The van der Waals surface area contributed by atoms with Crippen LogP contribution in [-0.4, -0.2) is 16.0 Å². The molecule has 1 aromatic heterocycles. The third kappa shape index (κ3) is 3.10. The molecule has 1 fully saturated rings.